The molecule has 6 heteroatoms. The maximum absolute atomic E-state index is 11.9. The zero-order valence-corrected chi connectivity index (χ0v) is 12.1. The van der Waals surface area contributed by atoms with Crippen LogP contribution in [0.15, 0.2) is 12.1 Å². The molecular weight excluding hydrogens is 256 g/mol. The number of nitrogens with one attached hydrogen (secondary N) is 1. The van der Waals surface area contributed by atoms with E-state index in [0.717, 1.165) is 38.4 Å². The van der Waals surface area contributed by atoms with Crippen molar-refractivity contribution in [3.63, 3.8) is 0 Å². The van der Waals surface area contributed by atoms with Crippen molar-refractivity contribution >= 4 is 11.7 Å². The summed E-state index contributed by atoms with van der Waals surface area (Å²) >= 11 is 0. The third-order valence-corrected chi connectivity index (χ3v) is 3.48. The lowest BCUT2D eigenvalue weighted by atomic mass is 10.2. The number of hydrogen-bond acceptors (Lipinski definition) is 5. The Bertz CT molecular complexity index is 425. The molecule has 1 amide bonds. The van der Waals surface area contributed by atoms with Crippen LogP contribution < -0.4 is 10.2 Å². The lowest BCUT2D eigenvalue weighted by molar-refractivity contribution is 0.0853. The predicted molar refractivity (Wildman–Crippen MR) is 76.9 cm³/mol. The molecule has 0 aromatic carbocycles. The highest BCUT2D eigenvalue weighted by Crippen LogP contribution is 2.11. The van der Waals surface area contributed by atoms with Gasteiger partial charge in [-0.1, -0.05) is 0 Å². The smallest absolute Gasteiger partial charge is 0.271 e. The number of ether oxygens (including phenoxy) is 1. The van der Waals surface area contributed by atoms with Gasteiger partial charge in [0.2, 0.25) is 0 Å². The van der Waals surface area contributed by atoms with Crippen LogP contribution in [0.4, 0.5) is 5.82 Å². The number of carbonyl (C=O) groups is 1. The SMILES string of the molecule is CCN(CC)c1ccc(C(=O)NCC2CCCO2)nn1. The highest BCUT2D eigenvalue weighted by Gasteiger charge is 2.17. The van der Waals surface area contributed by atoms with E-state index in [4.69, 9.17) is 4.74 Å². The van der Waals surface area contributed by atoms with E-state index in [2.05, 4.69) is 34.3 Å². The summed E-state index contributed by atoms with van der Waals surface area (Å²) in [5, 5.41) is 10.9. The molecule has 2 rings (SSSR count). The Morgan fingerprint density at radius 2 is 2.20 bits per heavy atom. The number of hydrogen-bond donors (Lipinski definition) is 1. The first-order valence-corrected chi connectivity index (χ1v) is 7.23. The number of carbonyl (C=O) groups excluding carboxylic acids is 1. The standard InChI is InChI=1S/C14H22N4O2/c1-3-18(4-2)13-8-7-12(16-17-13)14(19)15-10-11-6-5-9-20-11/h7-8,11H,3-6,9-10H2,1-2H3,(H,15,19). The third-order valence-electron chi connectivity index (χ3n) is 3.48. The largest absolute Gasteiger partial charge is 0.376 e. The molecule has 1 aliphatic rings. The van der Waals surface area contributed by atoms with Gasteiger partial charge in [0.05, 0.1) is 6.10 Å². The number of rotatable bonds is 6. The third kappa shape index (κ3) is 3.66. The van der Waals surface area contributed by atoms with E-state index in [0.29, 0.717) is 12.2 Å². The van der Waals surface area contributed by atoms with Crippen molar-refractivity contribution in [2.75, 3.05) is 31.1 Å². The molecule has 0 spiro atoms. The number of nitrogens with zero attached hydrogens (tertiary/aromatic N) is 3. The first-order chi connectivity index (χ1) is 9.74. The molecule has 0 saturated carbocycles. The van der Waals surface area contributed by atoms with Crippen LogP contribution in [0, 0.1) is 0 Å². The molecule has 0 bridgehead atoms. The minimum absolute atomic E-state index is 0.141. The summed E-state index contributed by atoms with van der Waals surface area (Å²) in [6, 6.07) is 3.55. The second kappa shape index (κ2) is 7.19. The van der Waals surface area contributed by atoms with Gasteiger partial charge in [0, 0.05) is 26.2 Å². The lowest BCUT2D eigenvalue weighted by Crippen LogP contribution is -2.32. The fraction of sp³-hybridized carbons (Fsp3) is 0.643. The molecule has 1 aromatic rings. The molecule has 1 unspecified atom stereocenters. The second-order valence-corrected chi connectivity index (χ2v) is 4.79. The van der Waals surface area contributed by atoms with Crippen LogP contribution in [0.25, 0.3) is 0 Å². The topological polar surface area (TPSA) is 67.4 Å². The van der Waals surface area contributed by atoms with Gasteiger partial charge in [-0.2, -0.15) is 0 Å². The van der Waals surface area contributed by atoms with Crippen molar-refractivity contribution in [1.29, 1.82) is 0 Å². The van der Waals surface area contributed by atoms with E-state index in [-0.39, 0.29) is 12.0 Å². The highest BCUT2D eigenvalue weighted by molar-refractivity contribution is 5.92. The maximum Gasteiger partial charge on any atom is 0.271 e. The van der Waals surface area contributed by atoms with Gasteiger partial charge >= 0.3 is 0 Å². The highest BCUT2D eigenvalue weighted by atomic mass is 16.5. The van der Waals surface area contributed by atoms with Gasteiger partial charge in [0.15, 0.2) is 11.5 Å². The Kier molecular flexibility index (Phi) is 5.29. The van der Waals surface area contributed by atoms with Crippen LogP contribution in [-0.4, -0.2) is 48.4 Å². The number of aromatic nitrogens is 2. The first kappa shape index (κ1) is 14.7. The van der Waals surface area contributed by atoms with E-state index in [9.17, 15) is 4.79 Å². The first-order valence-electron chi connectivity index (χ1n) is 7.23. The summed E-state index contributed by atoms with van der Waals surface area (Å²) in [7, 11) is 0. The zero-order valence-electron chi connectivity index (χ0n) is 12.1. The van der Waals surface area contributed by atoms with Gasteiger partial charge in [0.1, 0.15) is 0 Å². The lowest BCUT2D eigenvalue weighted by Gasteiger charge is -2.18. The van der Waals surface area contributed by atoms with E-state index < -0.39 is 0 Å². The van der Waals surface area contributed by atoms with Gasteiger partial charge in [-0.25, -0.2) is 0 Å². The minimum atomic E-state index is -0.195. The summed E-state index contributed by atoms with van der Waals surface area (Å²) in [6.45, 7) is 7.20. The summed E-state index contributed by atoms with van der Waals surface area (Å²) in [5.74, 6) is 0.602. The van der Waals surface area contributed by atoms with Gasteiger partial charge in [0.25, 0.3) is 5.91 Å². The average Bonchev–Trinajstić information content (AvgIpc) is 3.00. The second-order valence-electron chi connectivity index (χ2n) is 4.79. The fourth-order valence-corrected chi connectivity index (χ4v) is 2.27. The predicted octanol–water partition coefficient (Wildman–Crippen LogP) is 1.23. The van der Waals surface area contributed by atoms with Gasteiger partial charge in [-0.15, -0.1) is 10.2 Å². The van der Waals surface area contributed by atoms with Crippen molar-refractivity contribution < 1.29 is 9.53 Å². The molecule has 0 aliphatic carbocycles. The van der Waals surface area contributed by atoms with Crippen molar-refractivity contribution in [1.82, 2.24) is 15.5 Å². The monoisotopic (exact) mass is 278 g/mol. The molecule has 1 fully saturated rings. The van der Waals surface area contributed by atoms with Crippen LogP contribution in [0.2, 0.25) is 0 Å². The van der Waals surface area contributed by atoms with E-state index in [1.165, 1.54) is 0 Å². The molecule has 110 valence electrons. The molecule has 6 nitrogen and oxygen atoms in total. The van der Waals surface area contributed by atoms with Crippen LogP contribution in [0.3, 0.4) is 0 Å². The Balaban J connectivity index is 1.89. The molecule has 20 heavy (non-hydrogen) atoms. The molecule has 1 N–H and O–H groups in total. The van der Waals surface area contributed by atoms with Gasteiger partial charge in [-0.05, 0) is 38.8 Å². The van der Waals surface area contributed by atoms with Crippen LogP contribution in [0.5, 0.6) is 0 Å². The zero-order chi connectivity index (χ0) is 14.4. The van der Waals surface area contributed by atoms with Crippen molar-refractivity contribution in [3.8, 4) is 0 Å². The van der Waals surface area contributed by atoms with Crippen LogP contribution >= 0.6 is 0 Å². The van der Waals surface area contributed by atoms with Crippen molar-refractivity contribution in [2.45, 2.75) is 32.8 Å². The van der Waals surface area contributed by atoms with Crippen LogP contribution in [-0.2, 0) is 4.74 Å². The Morgan fingerprint density at radius 1 is 1.40 bits per heavy atom. The number of anilines is 1. The minimum Gasteiger partial charge on any atom is -0.376 e. The fourth-order valence-electron chi connectivity index (χ4n) is 2.27. The van der Waals surface area contributed by atoms with Crippen molar-refractivity contribution in [3.05, 3.63) is 17.8 Å². The van der Waals surface area contributed by atoms with Gasteiger partial charge < -0.3 is 15.0 Å². The summed E-state index contributed by atoms with van der Waals surface area (Å²) in [5.41, 5.74) is 0.346. The summed E-state index contributed by atoms with van der Waals surface area (Å²) in [6.07, 6.45) is 2.22. The molecule has 1 atom stereocenters. The maximum atomic E-state index is 11.9. The van der Waals surface area contributed by atoms with E-state index in [1.807, 2.05) is 6.07 Å². The van der Waals surface area contributed by atoms with E-state index >= 15 is 0 Å². The molecule has 1 aromatic heterocycles. The Hall–Kier alpha value is -1.69. The normalized spacial score (nSPS) is 18.0. The molecule has 1 saturated heterocycles. The Labute approximate surface area is 119 Å². The molecular formula is C14H22N4O2. The Morgan fingerprint density at radius 3 is 2.75 bits per heavy atom. The quantitative estimate of drug-likeness (QED) is 0.847. The summed E-state index contributed by atoms with van der Waals surface area (Å²) < 4.78 is 5.46. The van der Waals surface area contributed by atoms with E-state index in [1.54, 1.807) is 6.07 Å². The van der Waals surface area contributed by atoms with Crippen molar-refractivity contribution in [2.24, 2.45) is 0 Å². The average molecular weight is 278 g/mol. The van der Waals surface area contributed by atoms with Gasteiger partial charge in [-0.3, -0.25) is 4.79 Å². The number of amides is 1. The molecule has 0 radical (unpaired) electrons. The molecule has 2 heterocycles. The molecule has 1 aliphatic heterocycles. The van der Waals surface area contributed by atoms with Crippen LogP contribution in [0.1, 0.15) is 37.2 Å². The summed E-state index contributed by atoms with van der Waals surface area (Å²) in [4.78, 5) is 14.0.